The van der Waals surface area contributed by atoms with Crippen LogP contribution in [0.15, 0.2) is 71.6 Å². The molecule has 1 N–H and O–H groups in total. The molecule has 2 amide bonds. The molecule has 0 aromatic heterocycles. The Labute approximate surface area is 208 Å². The number of nitrogens with zero attached hydrogens (tertiary/aromatic N) is 2. The Hall–Kier alpha value is -3.63. The van der Waals surface area contributed by atoms with E-state index >= 15 is 0 Å². The van der Waals surface area contributed by atoms with Crippen LogP contribution in [0.5, 0.6) is 0 Å². The van der Waals surface area contributed by atoms with Gasteiger partial charge in [0.05, 0.1) is 10.9 Å². The normalized spacial score (nSPS) is 15.9. The van der Waals surface area contributed by atoms with Crippen LogP contribution in [0.3, 0.4) is 0 Å². The molecule has 3 aromatic carbocycles. The second kappa shape index (κ2) is 10.2. The molecule has 188 valence electrons. The second-order valence-corrected chi connectivity index (χ2v) is 10.2. The number of halogens is 2. The summed E-state index contributed by atoms with van der Waals surface area (Å²) in [4.78, 5) is 27.7. The molecule has 0 saturated carbocycles. The number of rotatable bonds is 6. The standard InChI is InChI=1S/C26H25F2N3O4S/c1-3-30(4-2)36(34,35)21-12-7-18(8-13-21)26(33)31-16-24(32)29-23-14-11-20(28)15-22(23)25(31)17-5-9-19(27)10-6-17/h5-15,25H,3-4,16H2,1-2H3,(H,29,32)/t25-/m1/s1. The first kappa shape index (κ1) is 25.5. The van der Waals surface area contributed by atoms with E-state index < -0.39 is 39.5 Å². The molecular formula is C26H25F2N3O4S. The number of amides is 2. The Kier molecular flexibility index (Phi) is 7.18. The molecule has 0 bridgehead atoms. The second-order valence-electron chi connectivity index (χ2n) is 8.28. The zero-order valence-corrected chi connectivity index (χ0v) is 20.6. The number of carbonyl (C=O) groups is 2. The molecule has 1 aliphatic heterocycles. The van der Waals surface area contributed by atoms with Crippen LogP contribution in [0.1, 0.15) is 41.4 Å². The topological polar surface area (TPSA) is 86.8 Å². The minimum Gasteiger partial charge on any atom is -0.324 e. The Morgan fingerprint density at radius 1 is 0.972 bits per heavy atom. The summed E-state index contributed by atoms with van der Waals surface area (Å²) in [6.07, 6.45) is 0. The van der Waals surface area contributed by atoms with Crippen LogP contribution >= 0.6 is 0 Å². The van der Waals surface area contributed by atoms with Gasteiger partial charge >= 0.3 is 0 Å². The first-order valence-corrected chi connectivity index (χ1v) is 12.9. The number of benzene rings is 3. The smallest absolute Gasteiger partial charge is 0.255 e. The van der Waals surface area contributed by atoms with Crippen LogP contribution in [0, 0.1) is 11.6 Å². The minimum absolute atomic E-state index is 0.0406. The maximum Gasteiger partial charge on any atom is 0.255 e. The molecule has 36 heavy (non-hydrogen) atoms. The van der Waals surface area contributed by atoms with Crippen molar-refractivity contribution in [2.75, 3.05) is 25.0 Å². The van der Waals surface area contributed by atoms with Crippen LogP contribution in [0.2, 0.25) is 0 Å². The van der Waals surface area contributed by atoms with E-state index in [0.717, 1.165) is 0 Å². The van der Waals surface area contributed by atoms with E-state index in [-0.39, 0.29) is 17.0 Å². The van der Waals surface area contributed by atoms with Crippen molar-refractivity contribution < 1.29 is 26.8 Å². The van der Waals surface area contributed by atoms with Crippen molar-refractivity contribution >= 4 is 27.5 Å². The Morgan fingerprint density at radius 2 is 1.58 bits per heavy atom. The van der Waals surface area contributed by atoms with E-state index in [2.05, 4.69) is 5.32 Å². The fourth-order valence-corrected chi connectivity index (χ4v) is 5.78. The quantitative estimate of drug-likeness (QED) is 0.536. The summed E-state index contributed by atoms with van der Waals surface area (Å²) in [6, 6.07) is 13.8. The molecule has 1 heterocycles. The third-order valence-electron chi connectivity index (χ3n) is 6.10. The number of anilines is 1. The molecule has 7 nitrogen and oxygen atoms in total. The molecule has 0 radical (unpaired) electrons. The van der Waals surface area contributed by atoms with E-state index in [1.54, 1.807) is 13.8 Å². The molecule has 0 spiro atoms. The van der Waals surface area contributed by atoms with Crippen molar-refractivity contribution in [3.05, 3.63) is 95.1 Å². The molecule has 0 aliphatic carbocycles. The van der Waals surface area contributed by atoms with Gasteiger partial charge in [0.2, 0.25) is 15.9 Å². The van der Waals surface area contributed by atoms with Crippen molar-refractivity contribution in [3.63, 3.8) is 0 Å². The Bertz CT molecular complexity index is 1390. The highest BCUT2D eigenvalue weighted by Gasteiger charge is 2.34. The fraction of sp³-hybridized carbons (Fsp3) is 0.231. The van der Waals surface area contributed by atoms with Gasteiger partial charge in [-0.05, 0) is 60.2 Å². The van der Waals surface area contributed by atoms with E-state index in [1.165, 1.54) is 75.9 Å². The van der Waals surface area contributed by atoms with Crippen LogP contribution in [0.25, 0.3) is 0 Å². The number of hydrogen-bond acceptors (Lipinski definition) is 4. The lowest BCUT2D eigenvalue weighted by Gasteiger charge is -2.30. The summed E-state index contributed by atoms with van der Waals surface area (Å²) in [5.41, 5.74) is 1.30. The molecule has 0 saturated heterocycles. The summed E-state index contributed by atoms with van der Waals surface area (Å²) in [6.45, 7) is 3.73. The first-order chi connectivity index (χ1) is 17.1. The number of fused-ring (bicyclic) bond motifs is 1. The van der Waals surface area contributed by atoms with Gasteiger partial charge in [0.15, 0.2) is 0 Å². The molecule has 0 unspecified atom stereocenters. The maximum atomic E-state index is 14.3. The van der Waals surface area contributed by atoms with Gasteiger partial charge in [0.1, 0.15) is 18.2 Å². The molecule has 0 fully saturated rings. The van der Waals surface area contributed by atoms with Crippen LogP contribution in [-0.2, 0) is 14.8 Å². The molecule has 10 heteroatoms. The van der Waals surface area contributed by atoms with Gasteiger partial charge in [-0.25, -0.2) is 17.2 Å². The molecule has 1 aliphatic rings. The van der Waals surface area contributed by atoms with Gasteiger partial charge in [-0.15, -0.1) is 0 Å². The predicted octanol–water partition coefficient (Wildman–Crippen LogP) is 4.18. The van der Waals surface area contributed by atoms with Gasteiger partial charge < -0.3 is 10.2 Å². The number of nitrogens with one attached hydrogen (secondary N) is 1. The van der Waals surface area contributed by atoms with Crippen molar-refractivity contribution in [1.29, 1.82) is 0 Å². The van der Waals surface area contributed by atoms with Gasteiger partial charge in [0.25, 0.3) is 5.91 Å². The van der Waals surface area contributed by atoms with E-state index in [9.17, 15) is 26.8 Å². The van der Waals surface area contributed by atoms with E-state index in [1.807, 2.05) is 0 Å². The first-order valence-electron chi connectivity index (χ1n) is 11.4. The summed E-state index contributed by atoms with van der Waals surface area (Å²) in [7, 11) is -3.72. The highest BCUT2D eigenvalue weighted by atomic mass is 32.2. The molecular weight excluding hydrogens is 488 g/mol. The zero-order valence-electron chi connectivity index (χ0n) is 19.7. The lowest BCUT2D eigenvalue weighted by atomic mass is 9.95. The van der Waals surface area contributed by atoms with Crippen LogP contribution in [0.4, 0.5) is 14.5 Å². The van der Waals surface area contributed by atoms with Crippen molar-refractivity contribution in [2.24, 2.45) is 0 Å². The van der Waals surface area contributed by atoms with E-state index in [4.69, 9.17) is 0 Å². The number of sulfonamides is 1. The van der Waals surface area contributed by atoms with Crippen molar-refractivity contribution in [2.45, 2.75) is 24.8 Å². The highest BCUT2D eigenvalue weighted by Crippen LogP contribution is 2.37. The Balaban J connectivity index is 1.78. The fourth-order valence-electron chi connectivity index (χ4n) is 4.32. The number of carbonyl (C=O) groups excluding carboxylic acids is 2. The molecule has 1 atom stereocenters. The number of hydrogen-bond donors (Lipinski definition) is 1. The third-order valence-corrected chi connectivity index (χ3v) is 8.16. The SMILES string of the molecule is CCN(CC)S(=O)(=O)c1ccc(C(=O)N2CC(=O)Nc3ccc(F)cc3[C@H]2c2ccc(F)cc2)cc1. The minimum atomic E-state index is -3.72. The van der Waals surface area contributed by atoms with Crippen LogP contribution < -0.4 is 5.32 Å². The summed E-state index contributed by atoms with van der Waals surface area (Å²) in [5.74, 6) is -2.09. The zero-order chi connectivity index (χ0) is 26.0. The van der Waals surface area contributed by atoms with Gasteiger partial charge in [0, 0.05) is 29.9 Å². The molecule has 3 aromatic rings. The van der Waals surface area contributed by atoms with Crippen LogP contribution in [-0.4, -0.2) is 49.1 Å². The lowest BCUT2D eigenvalue weighted by molar-refractivity contribution is -0.117. The largest absolute Gasteiger partial charge is 0.324 e. The van der Waals surface area contributed by atoms with Crippen molar-refractivity contribution in [1.82, 2.24) is 9.21 Å². The summed E-state index contributed by atoms with van der Waals surface area (Å²) < 4.78 is 54.9. The lowest BCUT2D eigenvalue weighted by Crippen LogP contribution is -2.39. The summed E-state index contributed by atoms with van der Waals surface area (Å²) in [5, 5.41) is 2.69. The monoisotopic (exact) mass is 513 g/mol. The van der Waals surface area contributed by atoms with Gasteiger partial charge in [-0.2, -0.15) is 4.31 Å². The average Bonchev–Trinajstić information content (AvgIpc) is 3.00. The van der Waals surface area contributed by atoms with Gasteiger partial charge in [-0.3, -0.25) is 9.59 Å². The predicted molar refractivity (Wildman–Crippen MR) is 131 cm³/mol. The van der Waals surface area contributed by atoms with Gasteiger partial charge in [-0.1, -0.05) is 26.0 Å². The third kappa shape index (κ3) is 4.87. The van der Waals surface area contributed by atoms with Crippen molar-refractivity contribution in [3.8, 4) is 0 Å². The van der Waals surface area contributed by atoms with E-state index in [0.29, 0.717) is 29.9 Å². The molecule has 4 rings (SSSR count). The maximum absolute atomic E-state index is 14.3. The Morgan fingerprint density at radius 3 is 2.19 bits per heavy atom. The summed E-state index contributed by atoms with van der Waals surface area (Å²) >= 11 is 0. The average molecular weight is 514 g/mol. The highest BCUT2D eigenvalue weighted by molar-refractivity contribution is 7.89.